The molecule has 0 unspecified atom stereocenters. The number of hydrogen-bond donors (Lipinski definition) is 1. The number of likely N-dealkylation sites (tertiary alicyclic amines) is 1. The number of ether oxygens (including phenoxy) is 1. The van der Waals surface area contributed by atoms with Crippen molar-refractivity contribution in [3.05, 3.63) is 23.8 Å². The van der Waals surface area contributed by atoms with E-state index in [9.17, 15) is 4.79 Å². The Morgan fingerprint density at radius 2 is 2.04 bits per heavy atom. The van der Waals surface area contributed by atoms with Gasteiger partial charge in [0.1, 0.15) is 5.75 Å². The SMILES string of the molecule is COc1ccc(C)cc1NC(=O)CN1CCC[C@H]2CCCC[C@@H]21. The molecule has 0 aromatic heterocycles. The number of carbonyl (C=O) groups is 1. The minimum absolute atomic E-state index is 0.0696. The van der Waals surface area contributed by atoms with Gasteiger partial charge in [0, 0.05) is 6.04 Å². The Hall–Kier alpha value is -1.55. The van der Waals surface area contributed by atoms with Crippen LogP contribution >= 0.6 is 0 Å². The standard InChI is InChI=1S/C19H28N2O2/c1-14-9-10-18(23-2)16(12-14)20-19(22)13-21-11-5-7-15-6-3-4-8-17(15)21/h9-10,12,15,17H,3-8,11,13H2,1-2H3,(H,20,22)/t15-,17+/m1/s1. The van der Waals surface area contributed by atoms with Crippen LogP contribution in [0.15, 0.2) is 18.2 Å². The first kappa shape index (κ1) is 16.3. The second-order valence-electron chi connectivity index (χ2n) is 6.98. The van der Waals surface area contributed by atoms with E-state index in [2.05, 4.69) is 10.2 Å². The maximum Gasteiger partial charge on any atom is 0.238 e. The van der Waals surface area contributed by atoms with Crippen molar-refractivity contribution < 1.29 is 9.53 Å². The van der Waals surface area contributed by atoms with E-state index in [0.29, 0.717) is 12.6 Å². The molecule has 1 heterocycles. The molecule has 1 aliphatic heterocycles. The molecular weight excluding hydrogens is 288 g/mol. The number of hydrogen-bond acceptors (Lipinski definition) is 3. The number of aryl methyl sites for hydroxylation is 1. The van der Waals surface area contributed by atoms with E-state index in [-0.39, 0.29) is 5.91 Å². The van der Waals surface area contributed by atoms with E-state index < -0.39 is 0 Å². The Bertz CT molecular complexity index is 556. The molecule has 2 fully saturated rings. The van der Waals surface area contributed by atoms with Gasteiger partial charge in [-0.2, -0.15) is 0 Å². The number of benzene rings is 1. The van der Waals surface area contributed by atoms with Crippen LogP contribution in [-0.2, 0) is 4.79 Å². The minimum atomic E-state index is 0.0696. The summed E-state index contributed by atoms with van der Waals surface area (Å²) in [7, 11) is 1.64. The smallest absolute Gasteiger partial charge is 0.238 e. The predicted molar refractivity (Wildman–Crippen MR) is 92.9 cm³/mol. The molecule has 1 N–H and O–H groups in total. The fourth-order valence-corrected chi connectivity index (χ4v) is 4.22. The summed E-state index contributed by atoms with van der Waals surface area (Å²) in [6, 6.07) is 6.48. The third kappa shape index (κ3) is 3.86. The predicted octanol–water partition coefficient (Wildman–Crippen LogP) is 3.60. The zero-order chi connectivity index (χ0) is 16.2. The zero-order valence-corrected chi connectivity index (χ0v) is 14.3. The lowest BCUT2D eigenvalue weighted by molar-refractivity contribution is -0.118. The third-order valence-corrected chi connectivity index (χ3v) is 5.33. The molecule has 2 atom stereocenters. The van der Waals surface area contributed by atoms with Gasteiger partial charge in [-0.3, -0.25) is 9.69 Å². The van der Waals surface area contributed by atoms with Crippen LogP contribution in [0.4, 0.5) is 5.69 Å². The highest BCUT2D eigenvalue weighted by Crippen LogP contribution is 2.35. The van der Waals surface area contributed by atoms with E-state index >= 15 is 0 Å². The van der Waals surface area contributed by atoms with E-state index in [1.165, 1.54) is 38.5 Å². The molecule has 2 aliphatic rings. The van der Waals surface area contributed by atoms with Crippen LogP contribution in [0.1, 0.15) is 44.1 Å². The second-order valence-corrected chi connectivity index (χ2v) is 6.98. The highest BCUT2D eigenvalue weighted by Gasteiger charge is 2.33. The molecular formula is C19H28N2O2. The van der Waals surface area contributed by atoms with Gasteiger partial charge in [-0.1, -0.05) is 18.9 Å². The fraction of sp³-hybridized carbons (Fsp3) is 0.632. The van der Waals surface area contributed by atoms with Crippen LogP contribution in [0.2, 0.25) is 0 Å². The molecule has 23 heavy (non-hydrogen) atoms. The quantitative estimate of drug-likeness (QED) is 0.923. The minimum Gasteiger partial charge on any atom is -0.495 e. The van der Waals surface area contributed by atoms with Gasteiger partial charge < -0.3 is 10.1 Å². The number of methoxy groups -OCH3 is 1. The lowest BCUT2D eigenvalue weighted by atomic mass is 9.78. The topological polar surface area (TPSA) is 41.6 Å². The van der Waals surface area contributed by atoms with Gasteiger partial charge in [-0.15, -0.1) is 0 Å². The zero-order valence-electron chi connectivity index (χ0n) is 14.3. The van der Waals surface area contributed by atoms with E-state index in [1.807, 2.05) is 25.1 Å². The first-order valence-electron chi connectivity index (χ1n) is 8.86. The summed E-state index contributed by atoms with van der Waals surface area (Å²) >= 11 is 0. The lowest BCUT2D eigenvalue weighted by Crippen LogP contribution is -2.49. The Kier molecular flexibility index (Phi) is 5.21. The van der Waals surface area contributed by atoms with Crippen molar-refractivity contribution in [2.45, 2.75) is 51.5 Å². The highest BCUT2D eigenvalue weighted by molar-refractivity contribution is 5.93. The molecule has 1 aromatic carbocycles. The van der Waals surface area contributed by atoms with Crippen molar-refractivity contribution in [2.24, 2.45) is 5.92 Å². The maximum absolute atomic E-state index is 12.5. The molecule has 0 bridgehead atoms. The summed E-state index contributed by atoms with van der Waals surface area (Å²) in [6.07, 6.45) is 7.84. The van der Waals surface area contributed by atoms with Crippen LogP contribution in [0, 0.1) is 12.8 Å². The number of carbonyl (C=O) groups excluding carboxylic acids is 1. The number of piperidine rings is 1. The van der Waals surface area contributed by atoms with Gasteiger partial charge in [0.15, 0.2) is 0 Å². The molecule has 4 nitrogen and oxygen atoms in total. The molecule has 0 spiro atoms. The van der Waals surface area contributed by atoms with E-state index in [1.54, 1.807) is 7.11 Å². The Morgan fingerprint density at radius 1 is 1.26 bits per heavy atom. The number of amides is 1. The van der Waals surface area contributed by atoms with Gasteiger partial charge >= 0.3 is 0 Å². The average molecular weight is 316 g/mol. The monoisotopic (exact) mass is 316 g/mol. The van der Waals surface area contributed by atoms with Crippen molar-refractivity contribution in [1.82, 2.24) is 4.90 Å². The number of rotatable bonds is 4. The summed E-state index contributed by atoms with van der Waals surface area (Å²) < 4.78 is 5.35. The van der Waals surface area contributed by atoms with Gasteiger partial charge in [0.2, 0.25) is 5.91 Å². The maximum atomic E-state index is 12.5. The summed E-state index contributed by atoms with van der Waals surface area (Å²) in [5.74, 6) is 1.59. The molecule has 4 heteroatoms. The molecule has 1 amide bonds. The molecule has 1 aliphatic carbocycles. The third-order valence-electron chi connectivity index (χ3n) is 5.33. The summed E-state index contributed by atoms with van der Waals surface area (Å²) in [5, 5.41) is 3.04. The lowest BCUT2D eigenvalue weighted by Gasteiger charge is -2.43. The van der Waals surface area contributed by atoms with Crippen molar-refractivity contribution in [3.63, 3.8) is 0 Å². The summed E-state index contributed by atoms with van der Waals surface area (Å²) in [5.41, 5.74) is 1.89. The van der Waals surface area contributed by atoms with E-state index in [0.717, 1.165) is 29.5 Å². The summed E-state index contributed by atoms with van der Waals surface area (Å²) in [6.45, 7) is 3.57. The first-order chi connectivity index (χ1) is 11.2. The Labute approximate surface area is 139 Å². The van der Waals surface area contributed by atoms with Gasteiger partial charge in [-0.25, -0.2) is 0 Å². The van der Waals surface area contributed by atoms with E-state index in [4.69, 9.17) is 4.74 Å². The second kappa shape index (κ2) is 7.35. The van der Waals surface area contributed by atoms with Crippen LogP contribution < -0.4 is 10.1 Å². The fourth-order valence-electron chi connectivity index (χ4n) is 4.22. The first-order valence-corrected chi connectivity index (χ1v) is 8.86. The van der Waals surface area contributed by atoms with Crippen LogP contribution in [0.3, 0.4) is 0 Å². The number of fused-ring (bicyclic) bond motifs is 1. The summed E-state index contributed by atoms with van der Waals surface area (Å²) in [4.78, 5) is 14.9. The van der Waals surface area contributed by atoms with Crippen LogP contribution in [0.5, 0.6) is 5.75 Å². The molecule has 3 rings (SSSR count). The molecule has 1 saturated heterocycles. The highest BCUT2D eigenvalue weighted by atomic mass is 16.5. The van der Waals surface area contributed by atoms with Crippen molar-refractivity contribution >= 4 is 11.6 Å². The number of anilines is 1. The Balaban J connectivity index is 1.64. The van der Waals surface area contributed by atoms with Gasteiger partial charge in [0.25, 0.3) is 0 Å². The Morgan fingerprint density at radius 3 is 2.87 bits per heavy atom. The van der Waals surface area contributed by atoms with Crippen LogP contribution in [0.25, 0.3) is 0 Å². The van der Waals surface area contributed by atoms with Crippen molar-refractivity contribution in [2.75, 3.05) is 25.5 Å². The van der Waals surface area contributed by atoms with Crippen molar-refractivity contribution in [1.29, 1.82) is 0 Å². The average Bonchev–Trinajstić information content (AvgIpc) is 2.55. The van der Waals surface area contributed by atoms with Crippen LogP contribution in [-0.4, -0.2) is 37.0 Å². The molecule has 0 radical (unpaired) electrons. The largest absolute Gasteiger partial charge is 0.495 e. The molecule has 1 saturated carbocycles. The normalized spacial score (nSPS) is 24.8. The molecule has 1 aromatic rings. The number of nitrogens with zero attached hydrogens (tertiary/aromatic N) is 1. The van der Waals surface area contributed by atoms with Gasteiger partial charge in [0.05, 0.1) is 19.3 Å². The van der Waals surface area contributed by atoms with Crippen molar-refractivity contribution in [3.8, 4) is 5.75 Å². The number of nitrogens with one attached hydrogen (secondary N) is 1. The van der Waals surface area contributed by atoms with Gasteiger partial charge in [-0.05, 0) is 62.8 Å². The molecule has 126 valence electrons.